The molecule has 0 bridgehead atoms. The molecule has 0 atom stereocenters. The molecule has 124 valence electrons. The van der Waals surface area contributed by atoms with Gasteiger partial charge in [-0.15, -0.1) is 0 Å². The van der Waals surface area contributed by atoms with E-state index in [0.29, 0.717) is 12.2 Å². The molecule has 1 aliphatic rings. The Morgan fingerprint density at radius 3 is 2.40 bits per heavy atom. The molecule has 0 aliphatic carbocycles. The number of para-hydroxylation sites is 1. The molecule has 2 heterocycles. The first-order valence-corrected chi connectivity index (χ1v) is 8.44. The fourth-order valence-electron chi connectivity index (χ4n) is 3.11. The van der Waals surface area contributed by atoms with Crippen molar-refractivity contribution < 1.29 is 4.79 Å². The Kier molecular flexibility index (Phi) is 4.17. The highest BCUT2D eigenvalue weighted by Crippen LogP contribution is 2.21. The number of hydrogen-bond donors (Lipinski definition) is 1. The molecule has 1 amide bonds. The van der Waals surface area contributed by atoms with Gasteiger partial charge >= 0.3 is 0 Å². The van der Waals surface area contributed by atoms with E-state index in [4.69, 9.17) is 0 Å². The number of nitrogens with zero attached hydrogens (tertiary/aromatic N) is 2. The molecule has 4 rings (SSSR count). The van der Waals surface area contributed by atoms with Gasteiger partial charge in [0.1, 0.15) is 5.69 Å². The monoisotopic (exact) mass is 329 g/mol. The summed E-state index contributed by atoms with van der Waals surface area (Å²) in [4.78, 5) is 18.9. The molecule has 0 radical (unpaired) electrons. The molecular formula is C21H19N3O. The first kappa shape index (κ1) is 15.4. The minimum absolute atomic E-state index is 0.0132. The van der Waals surface area contributed by atoms with Crippen LogP contribution in [-0.2, 0) is 13.0 Å². The fourth-order valence-corrected chi connectivity index (χ4v) is 3.11. The van der Waals surface area contributed by atoms with Crippen LogP contribution in [0.4, 0.5) is 11.4 Å². The van der Waals surface area contributed by atoms with Gasteiger partial charge in [0.2, 0.25) is 0 Å². The van der Waals surface area contributed by atoms with Crippen molar-refractivity contribution in [2.24, 2.45) is 0 Å². The predicted molar refractivity (Wildman–Crippen MR) is 98.8 cm³/mol. The van der Waals surface area contributed by atoms with E-state index >= 15 is 0 Å². The van der Waals surface area contributed by atoms with Crippen molar-refractivity contribution in [3.05, 3.63) is 89.7 Å². The van der Waals surface area contributed by atoms with Gasteiger partial charge in [-0.05, 0) is 41.8 Å². The van der Waals surface area contributed by atoms with Crippen LogP contribution in [0, 0.1) is 0 Å². The number of pyridine rings is 1. The van der Waals surface area contributed by atoms with Gasteiger partial charge in [-0.1, -0.05) is 42.5 Å². The zero-order valence-corrected chi connectivity index (χ0v) is 13.9. The number of fused-ring (bicyclic) bond motifs is 1. The van der Waals surface area contributed by atoms with Crippen molar-refractivity contribution in [1.29, 1.82) is 0 Å². The number of anilines is 2. The van der Waals surface area contributed by atoms with Gasteiger partial charge in [0.25, 0.3) is 5.91 Å². The molecule has 0 saturated carbocycles. The van der Waals surface area contributed by atoms with E-state index in [9.17, 15) is 4.79 Å². The van der Waals surface area contributed by atoms with Crippen molar-refractivity contribution >= 4 is 17.3 Å². The van der Waals surface area contributed by atoms with Gasteiger partial charge in [-0.3, -0.25) is 4.79 Å². The summed E-state index contributed by atoms with van der Waals surface area (Å²) in [5, 5.41) is 3.28. The Bertz CT molecular complexity index is 875. The van der Waals surface area contributed by atoms with Gasteiger partial charge in [-0.2, -0.15) is 0 Å². The Morgan fingerprint density at radius 1 is 0.880 bits per heavy atom. The quantitative estimate of drug-likeness (QED) is 0.789. The first-order valence-electron chi connectivity index (χ1n) is 8.44. The van der Waals surface area contributed by atoms with Gasteiger partial charge < -0.3 is 10.2 Å². The third-order valence-corrected chi connectivity index (χ3v) is 4.46. The number of nitrogens with one attached hydrogen (secondary N) is 1. The topological polar surface area (TPSA) is 45.2 Å². The molecule has 1 aliphatic heterocycles. The van der Waals surface area contributed by atoms with Gasteiger partial charge in [0.15, 0.2) is 0 Å². The lowest BCUT2D eigenvalue weighted by Gasteiger charge is -2.28. The second kappa shape index (κ2) is 6.77. The summed E-state index contributed by atoms with van der Waals surface area (Å²) in [6.07, 6.45) is 2.60. The minimum Gasteiger partial charge on any atom is -0.354 e. The molecule has 25 heavy (non-hydrogen) atoms. The summed E-state index contributed by atoms with van der Waals surface area (Å²) < 4.78 is 0. The van der Waals surface area contributed by atoms with E-state index in [1.807, 2.05) is 47.4 Å². The highest BCUT2D eigenvalue weighted by molar-refractivity contribution is 5.92. The first-order chi connectivity index (χ1) is 12.3. The highest BCUT2D eigenvalue weighted by atomic mass is 16.2. The van der Waals surface area contributed by atoms with Crippen molar-refractivity contribution in [1.82, 2.24) is 9.88 Å². The van der Waals surface area contributed by atoms with E-state index in [-0.39, 0.29) is 5.91 Å². The van der Waals surface area contributed by atoms with Gasteiger partial charge in [0.05, 0.1) is 11.9 Å². The molecular weight excluding hydrogens is 310 g/mol. The summed E-state index contributed by atoms with van der Waals surface area (Å²) >= 11 is 0. The fraction of sp³-hybridized carbons (Fsp3) is 0.143. The standard InChI is InChI=1S/C21H19N3O/c25-21(24-13-12-16-6-4-5-7-17(16)15-24)20-11-10-19(14-22-20)23-18-8-2-1-3-9-18/h1-11,14,23H,12-13,15H2. The second-order valence-electron chi connectivity index (χ2n) is 6.17. The molecule has 0 fully saturated rings. The molecule has 1 N–H and O–H groups in total. The summed E-state index contributed by atoms with van der Waals surface area (Å²) in [5.74, 6) is -0.0132. The summed E-state index contributed by atoms with van der Waals surface area (Å²) in [7, 11) is 0. The molecule has 4 heteroatoms. The third kappa shape index (κ3) is 3.38. The summed E-state index contributed by atoms with van der Waals surface area (Å²) in [5.41, 5.74) is 4.91. The third-order valence-electron chi connectivity index (χ3n) is 4.46. The van der Waals surface area contributed by atoms with Crippen LogP contribution in [0.5, 0.6) is 0 Å². The molecule has 1 aromatic heterocycles. The Morgan fingerprint density at radius 2 is 1.64 bits per heavy atom. The number of carbonyl (C=O) groups is 1. The molecule has 0 spiro atoms. The Hall–Kier alpha value is -3.14. The van der Waals surface area contributed by atoms with Gasteiger partial charge in [-0.25, -0.2) is 4.98 Å². The largest absolute Gasteiger partial charge is 0.354 e. The van der Waals surface area contributed by atoms with E-state index in [0.717, 1.165) is 24.3 Å². The summed E-state index contributed by atoms with van der Waals surface area (Å²) in [6, 6.07) is 21.9. The van der Waals surface area contributed by atoms with Crippen molar-refractivity contribution in [3.8, 4) is 0 Å². The lowest BCUT2D eigenvalue weighted by molar-refractivity contribution is 0.0729. The maximum Gasteiger partial charge on any atom is 0.272 e. The van der Waals surface area contributed by atoms with E-state index in [1.165, 1.54) is 11.1 Å². The van der Waals surface area contributed by atoms with Crippen LogP contribution < -0.4 is 5.32 Å². The Labute approximate surface area is 147 Å². The SMILES string of the molecule is O=C(c1ccc(Nc2ccccc2)cn1)N1CCc2ccccc2C1. The van der Waals surface area contributed by atoms with Crippen LogP contribution >= 0.6 is 0 Å². The number of amides is 1. The molecule has 3 aromatic rings. The maximum atomic E-state index is 12.7. The second-order valence-corrected chi connectivity index (χ2v) is 6.17. The van der Waals surface area contributed by atoms with Crippen LogP contribution in [0.2, 0.25) is 0 Å². The molecule has 4 nitrogen and oxygen atoms in total. The smallest absolute Gasteiger partial charge is 0.272 e. The van der Waals surface area contributed by atoms with Crippen molar-refractivity contribution in [3.63, 3.8) is 0 Å². The average Bonchev–Trinajstić information content (AvgIpc) is 2.68. The predicted octanol–water partition coefficient (Wildman–Crippen LogP) is 4.02. The molecule has 2 aromatic carbocycles. The van der Waals surface area contributed by atoms with Crippen LogP contribution in [0.15, 0.2) is 72.9 Å². The number of carbonyl (C=O) groups excluding carboxylic acids is 1. The number of aromatic nitrogens is 1. The zero-order chi connectivity index (χ0) is 17.1. The van der Waals surface area contributed by atoms with Crippen LogP contribution in [-0.4, -0.2) is 22.3 Å². The lowest BCUT2D eigenvalue weighted by atomic mass is 10.00. The Balaban J connectivity index is 1.46. The zero-order valence-electron chi connectivity index (χ0n) is 13.9. The van der Waals surface area contributed by atoms with Crippen molar-refractivity contribution in [2.45, 2.75) is 13.0 Å². The van der Waals surface area contributed by atoms with Crippen molar-refractivity contribution in [2.75, 3.05) is 11.9 Å². The number of rotatable bonds is 3. The highest BCUT2D eigenvalue weighted by Gasteiger charge is 2.22. The van der Waals surface area contributed by atoms with E-state index in [1.54, 1.807) is 12.3 Å². The number of benzene rings is 2. The minimum atomic E-state index is -0.0132. The average molecular weight is 329 g/mol. The van der Waals surface area contributed by atoms with E-state index < -0.39 is 0 Å². The van der Waals surface area contributed by atoms with Crippen LogP contribution in [0.25, 0.3) is 0 Å². The molecule has 0 unspecified atom stereocenters. The van der Waals surface area contributed by atoms with E-state index in [2.05, 4.69) is 28.5 Å². The lowest BCUT2D eigenvalue weighted by Crippen LogP contribution is -2.36. The normalized spacial score (nSPS) is 13.2. The maximum absolute atomic E-state index is 12.7. The molecule has 0 saturated heterocycles. The van der Waals surface area contributed by atoms with Crippen LogP contribution in [0.1, 0.15) is 21.6 Å². The van der Waals surface area contributed by atoms with Gasteiger partial charge in [0, 0.05) is 18.8 Å². The van der Waals surface area contributed by atoms with Crippen LogP contribution in [0.3, 0.4) is 0 Å². The number of hydrogen-bond acceptors (Lipinski definition) is 3. The summed E-state index contributed by atoms with van der Waals surface area (Å²) in [6.45, 7) is 1.39.